The summed E-state index contributed by atoms with van der Waals surface area (Å²) in [4.78, 5) is 43.0. The number of aromatic nitrogens is 2. The summed E-state index contributed by atoms with van der Waals surface area (Å²) in [6, 6.07) is 14.1. The molecule has 0 aliphatic carbocycles. The van der Waals surface area contributed by atoms with Gasteiger partial charge in [-0.3, -0.25) is 19.1 Å². The van der Waals surface area contributed by atoms with Crippen LogP contribution in [0.5, 0.6) is 0 Å². The molecule has 0 unspecified atom stereocenters. The zero-order valence-corrected chi connectivity index (χ0v) is 18.9. The Morgan fingerprint density at radius 3 is 2.39 bits per heavy atom. The van der Waals surface area contributed by atoms with Crippen molar-refractivity contribution in [1.82, 2.24) is 9.55 Å². The zero-order chi connectivity index (χ0) is 23.8. The molecular weight excluding hydrogens is 449 g/mol. The molecular formula is C23H22FN3O5S. The lowest BCUT2D eigenvalue weighted by atomic mass is 10.3. The summed E-state index contributed by atoms with van der Waals surface area (Å²) in [7, 11) is 0. The van der Waals surface area contributed by atoms with E-state index < -0.39 is 30.3 Å². The third-order valence-electron chi connectivity index (χ3n) is 4.49. The van der Waals surface area contributed by atoms with Crippen molar-refractivity contribution in [3.05, 3.63) is 72.3 Å². The Labute approximate surface area is 194 Å². The zero-order valence-electron chi connectivity index (χ0n) is 18.1. The minimum atomic E-state index is -0.787. The van der Waals surface area contributed by atoms with Crippen molar-refractivity contribution in [3.63, 3.8) is 0 Å². The van der Waals surface area contributed by atoms with Gasteiger partial charge in [0.25, 0.3) is 5.91 Å². The van der Waals surface area contributed by atoms with Crippen LogP contribution in [0.15, 0.2) is 66.0 Å². The number of anilines is 1. The fourth-order valence-corrected chi connectivity index (χ4v) is 3.55. The first-order valence-electron chi connectivity index (χ1n) is 10.0. The van der Waals surface area contributed by atoms with E-state index in [1.807, 2.05) is 0 Å². The van der Waals surface area contributed by atoms with Crippen LogP contribution < -0.4 is 4.90 Å². The number of thioether (sulfide) groups is 1. The molecule has 3 aromatic rings. The topological polar surface area (TPSA) is 90.7 Å². The van der Waals surface area contributed by atoms with Gasteiger partial charge in [-0.15, -0.1) is 0 Å². The minimum absolute atomic E-state index is 0.0791. The first-order valence-corrected chi connectivity index (χ1v) is 11.2. The molecule has 1 heterocycles. The van der Waals surface area contributed by atoms with Crippen LogP contribution in [-0.2, 0) is 19.1 Å². The van der Waals surface area contributed by atoms with Crippen LogP contribution in [0.25, 0.3) is 5.69 Å². The summed E-state index contributed by atoms with van der Waals surface area (Å²) in [5.41, 5.74) is 1.06. The van der Waals surface area contributed by atoms with Crippen LogP contribution >= 0.6 is 11.8 Å². The quantitative estimate of drug-likeness (QED) is 0.349. The van der Waals surface area contributed by atoms with Crippen molar-refractivity contribution >= 4 is 35.3 Å². The van der Waals surface area contributed by atoms with E-state index in [-0.39, 0.29) is 18.8 Å². The van der Waals surface area contributed by atoms with Crippen molar-refractivity contribution < 1.29 is 28.2 Å². The molecule has 33 heavy (non-hydrogen) atoms. The molecule has 0 N–H and O–H groups in total. The summed E-state index contributed by atoms with van der Waals surface area (Å²) in [6.07, 6.45) is 3.11. The number of halogens is 1. The van der Waals surface area contributed by atoms with Crippen molar-refractivity contribution in [1.29, 1.82) is 0 Å². The number of nitrogens with zero attached hydrogens (tertiary/aromatic N) is 3. The van der Waals surface area contributed by atoms with E-state index in [1.54, 1.807) is 43.5 Å². The fraction of sp³-hybridized carbons (Fsp3) is 0.217. The predicted octanol–water partition coefficient (Wildman–Crippen LogP) is 3.49. The van der Waals surface area contributed by atoms with Crippen molar-refractivity contribution in [2.75, 3.05) is 30.9 Å². The van der Waals surface area contributed by atoms with Crippen molar-refractivity contribution in [3.8, 4) is 5.69 Å². The first-order chi connectivity index (χ1) is 15.9. The lowest BCUT2D eigenvalue weighted by Gasteiger charge is -2.21. The number of imidazole rings is 1. The summed E-state index contributed by atoms with van der Waals surface area (Å²) in [6.45, 7) is 0.923. The highest BCUT2D eigenvalue weighted by Gasteiger charge is 2.24. The predicted molar refractivity (Wildman–Crippen MR) is 121 cm³/mol. The van der Waals surface area contributed by atoms with Gasteiger partial charge in [-0.05, 0) is 49.6 Å². The number of hydrogen-bond acceptors (Lipinski definition) is 7. The molecule has 0 atom stereocenters. The number of hydrogen-bond donors (Lipinski definition) is 0. The molecule has 0 saturated carbocycles. The fourth-order valence-electron chi connectivity index (χ4n) is 3.01. The lowest BCUT2D eigenvalue weighted by molar-refractivity contribution is -0.142. The highest BCUT2D eigenvalue weighted by molar-refractivity contribution is 7.98. The van der Waals surface area contributed by atoms with Gasteiger partial charge < -0.3 is 9.47 Å². The number of carbonyl (C=O) groups is 3. The Morgan fingerprint density at radius 2 is 1.76 bits per heavy atom. The third-order valence-corrected chi connectivity index (χ3v) is 5.15. The number of carbonyl (C=O) groups excluding carboxylic acids is 3. The van der Waals surface area contributed by atoms with E-state index in [9.17, 15) is 18.8 Å². The van der Waals surface area contributed by atoms with Crippen molar-refractivity contribution in [2.45, 2.75) is 12.1 Å². The summed E-state index contributed by atoms with van der Waals surface area (Å²) < 4.78 is 25.1. The van der Waals surface area contributed by atoms with Crippen LogP contribution in [0.4, 0.5) is 10.1 Å². The largest absolute Gasteiger partial charge is 0.465 e. The maximum atomic E-state index is 13.3. The second kappa shape index (κ2) is 11.3. The van der Waals surface area contributed by atoms with Crippen LogP contribution in [0.2, 0.25) is 0 Å². The molecule has 3 rings (SSSR count). The van der Waals surface area contributed by atoms with E-state index in [2.05, 4.69) is 4.98 Å². The number of esters is 2. The molecule has 0 aliphatic rings. The molecule has 0 radical (unpaired) electrons. The van der Waals surface area contributed by atoms with Gasteiger partial charge in [-0.2, -0.15) is 0 Å². The normalized spacial score (nSPS) is 10.5. The molecule has 0 aliphatic heterocycles. The maximum absolute atomic E-state index is 13.3. The van der Waals surface area contributed by atoms with E-state index in [4.69, 9.17) is 9.47 Å². The molecule has 0 bridgehead atoms. The molecule has 1 amide bonds. The van der Waals surface area contributed by atoms with Gasteiger partial charge in [-0.25, -0.2) is 14.2 Å². The van der Waals surface area contributed by atoms with Crippen LogP contribution in [-0.4, -0.2) is 53.4 Å². The highest BCUT2D eigenvalue weighted by atomic mass is 32.2. The Bertz CT molecular complexity index is 1120. The summed E-state index contributed by atoms with van der Waals surface area (Å²) in [5, 5.41) is 0.494. The van der Waals surface area contributed by atoms with Gasteiger partial charge in [0.15, 0.2) is 17.5 Å². The SMILES string of the molecule is CCOC(=O)CN(C(=O)COC(=O)c1cnc(SC)n1-c1ccc(F)cc1)c1ccccc1. The van der Waals surface area contributed by atoms with Gasteiger partial charge in [0.05, 0.1) is 12.8 Å². The number of benzene rings is 2. The van der Waals surface area contributed by atoms with E-state index in [0.29, 0.717) is 16.5 Å². The van der Waals surface area contributed by atoms with Crippen molar-refractivity contribution in [2.24, 2.45) is 0 Å². The molecule has 2 aromatic carbocycles. The average Bonchev–Trinajstić information content (AvgIpc) is 3.26. The summed E-state index contributed by atoms with van der Waals surface area (Å²) >= 11 is 1.29. The first kappa shape index (κ1) is 24.0. The van der Waals surface area contributed by atoms with Gasteiger partial charge in [0.2, 0.25) is 0 Å². The van der Waals surface area contributed by atoms with Gasteiger partial charge in [0, 0.05) is 11.4 Å². The third kappa shape index (κ3) is 5.98. The van der Waals surface area contributed by atoms with Crippen LogP contribution in [0, 0.1) is 5.82 Å². The maximum Gasteiger partial charge on any atom is 0.357 e. The van der Waals surface area contributed by atoms with E-state index in [0.717, 1.165) is 0 Å². The van der Waals surface area contributed by atoms with Crippen LogP contribution in [0.1, 0.15) is 17.4 Å². The molecule has 0 fully saturated rings. The van der Waals surface area contributed by atoms with Crippen LogP contribution in [0.3, 0.4) is 0 Å². The van der Waals surface area contributed by atoms with E-state index >= 15 is 0 Å². The number of rotatable bonds is 9. The Kier molecular flexibility index (Phi) is 8.20. The second-order valence-electron chi connectivity index (χ2n) is 6.64. The molecule has 0 saturated heterocycles. The molecule has 8 nitrogen and oxygen atoms in total. The Morgan fingerprint density at radius 1 is 1.06 bits per heavy atom. The lowest BCUT2D eigenvalue weighted by Crippen LogP contribution is -2.39. The van der Waals surface area contributed by atoms with Gasteiger partial charge in [0.1, 0.15) is 12.4 Å². The summed E-state index contributed by atoms with van der Waals surface area (Å²) in [5.74, 6) is -2.38. The molecule has 10 heteroatoms. The van der Waals surface area contributed by atoms with Gasteiger partial charge >= 0.3 is 11.9 Å². The monoisotopic (exact) mass is 471 g/mol. The molecule has 172 valence electrons. The Hall–Kier alpha value is -3.66. The second-order valence-corrected chi connectivity index (χ2v) is 7.41. The number of para-hydroxylation sites is 1. The number of ether oxygens (including phenoxy) is 2. The molecule has 0 spiro atoms. The standard InChI is InChI=1S/C23H22FN3O5S/c1-3-31-21(29)14-26(17-7-5-4-6-8-17)20(28)15-32-22(30)19-13-25-23(33-2)27(19)18-11-9-16(24)10-12-18/h4-13H,3,14-15H2,1-2H3. The van der Waals surface area contributed by atoms with E-state index in [1.165, 1.54) is 51.7 Å². The Balaban J connectivity index is 1.77. The molecule has 1 aromatic heterocycles. The number of amides is 1. The average molecular weight is 472 g/mol. The smallest absolute Gasteiger partial charge is 0.357 e. The highest BCUT2D eigenvalue weighted by Crippen LogP contribution is 2.23. The minimum Gasteiger partial charge on any atom is -0.465 e. The van der Waals surface area contributed by atoms with Gasteiger partial charge in [-0.1, -0.05) is 30.0 Å².